The Labute approximate surface area is 200 Å². The molecule has 0 saturated heterocycles. The molecule has 33 heavy (non-hydrogen) atoms. The molecule has 3 rings (SSSR count). The summed E-state index contributed by atoms with van der Waals surface area (Å²) in [5, 5.41) is 0. The lowest BCUT2D eigenvalue weighted by Gasteiger charge is -2.26. The van der Waals surface area contributed by atoms with Gasteiger partial charge in [-0.25, -0.2) is 4.79 Å². The van der Waals surface area contributed by atoms with Crippen molar-refractivity contribution in [2.75, 3.05) is 23.8 Å². The van der Waals surface area contributed by atoms with E-state index in [4.69, 9.17) is 33.7 Å². The van der Waals surface area contributed by atoms with Gasteiger partial charge in [-0.2, -0.15) is 0 Å². The van der Waals surface area contributed by atoms with E-state index < -0.39 is 39.5 Å². The Balaban J connectivity index is 1.91. The van der Waals surface area contributed by atoms with Crippen molar-refractivity contribution < 1.29 is 14.3 Å². The number of anilines is 2. The zero-order valence-corrected chi connectivity index (χ0v) is 20.1. The van der Waals surface area contributed by atoms with Crippen LogP contribution in [-0.4, -0.2) is 38.9 Å². The van der Waals surface area contributed by atoms with Crippen LogP contribution in [0.3, 0.4) is 0 Å². The first kappa shape index (κ1) is 24.9. The Morgan fingerprint density at radius 3 is 2.39 bits per heavy atom. The molecule has 1 aromatic heterocycles. The van der Waals surface area contributed by atoms with E-state index in [-0.39, 0.29) is 36.9 Å². The molecule has 9 nitrogen and oxygen atoms in total. The highest BCUT2D eigenvalue weighted by Crippen LogP contribution is 2.64. The van der Waals surface area contributed by atoms with Crippen molar-refractivity contribution in [3.05, 3.63) is 56.7 Å². The fourth-order valence-electron chi connectivity index (χ4n) is 3.43. The number of aromatic nitrogens is 2. The normalized spacial score (nSPS) is 18.7. The molecular formula is C22H26Cl2N4O5. The average molecular weight is 497 g/mol. The molecule has 0 aliphatic heterocycles. The molecule has 1 unspecified atom stereocenters. The number of ether oxygens (including phenoxy) is 1. The number of hydrogen-bond acceptors (Lipinski definition) is 6. The summed E-state index contributed by atoms with van der Waals surface area (Å²) in [7, 11) is 0. The van der Waals surface area contributed by atoms with Gasteiger partial charge in [0.25, 0.3) is 11.5 Å². The third-order valence-corrected chi connectivity index (χ3v) is 6.65. The van der Waals surface area contributed by atoms with E-state index in [9.17, 15) is 19.2 Å². The van der Waals surface area contributed by atoms with Crippen LogP contribution in [0.25, 0.3) is 0 Å². The van der Waals surface area contributed by atoms with Crippen LogP contribution in [0.5, 0.6) is 0 Å². The molecule has 2 aromatic rings. The molecule has 1 fully saturated rings. The minimum Gasteiger partial charge on any atom is -0.455 e. The Hall–Kier alpha value is -2.78. The number of aromatic amines is 1. The van der Waals surface area contributed by atoms with Crippen LogP contribution in [0.1, 0.15) is 32.8 Å². The van der Waals surface area contributed by atoms with Crippen molar-refractivity contribution in [1.29, 1.82) is 0 Å². The summed E-state index contributed by atoms with van der Waals surface area (Å²) in [6, 6.07) is 9.06. The molecule has 1 heterocycles. The summed E-state index contributed by atoms with van der Waals surface area (Å²) in [6.07, 6.45) is 0.211. The van der Waals surface area contributed by atoms with Crippen molar-refractivity contribution in [1.82, 2.24) is 9.55 Å². The van der Waals surface area contributed by atoms with Gasteiger partial charge in [-0.05, 0) is 18.4 Å². The number of nitrogens with zero attached hydrogens (tertiary/aromatic N) is 2. The molecular weight excluding hydrogens is 471 g/mol. The molecule has 1 amide bonds. The zero-order chi connectivity index (χ0) is 24.6. The monoisotopic (exact) mass is 496 g/mol. The van der Waals surface area contributed by atoms with Crippen LogP contribution in [0.4, 0.5) is 11.5 Å². The second-order valence-electron chi connectivity index (χ2n) is 8.75. The fourth-order valence-corrected chi connectivity index (χ4v) is 4.12. The average Bonchev–Trinajstić information content (AvgIpc) is 3.27. The van der Waals surface area contributed by atoms with Gasteiger partial charge < -0.3 is 15.4 Å². The van der Waals surface area contributed by atoms with Crippen molar-refractivity contribution in [3.63, 3.8) is 0 Å². The second kappa shape index (κ2) is 9.23. The molecule has 1 aliphatic carbocycles. The Bertz CT molecular complexity index is 1180. The number of hydrogen-bond donors (Lipinski definition) is 2. The van der Waals surface area contributed by atoms with Gasteiger partial charge in [0.2, 0.25) is 0 Å². The first-order chi connectivity index (χ1) is 15.4. The summed E-state index contributed by atoms with van der Waals surface area (Å²) < 4.78 is 5.10. The standard InChI is InChI=1S/C22H26Cl2N4O5/c1-13(2)9-27(15(29)11-33-19(31)21(3)12-22(21,23)24)16-17(25)28(20(32)26-18(16)30)10-14-7-5-4-6-8-14/h4-8,13H,9-12,25H2,1-3H3,(H,26,30,32). The number of nitrogens with one attached hydrogen (secondary N) is 1. The van der Waals surface area contributed by atoms with E-state index in [1.807, 2.05) is 32.0 Å². The highest BCUT2D eigenvalue weighted by Gasteiger charge is 2.69. The molecule has 11 heteroatoms. The van der Waals surface area contributed by atoms with Crippen molar-refractivity contribution >= 4 is 46.6 Å². The topological polar surface area (TPSA) is 127 Å². The molecule has 1 atom stereocenters. The third kappa shape index (κ3) is 5.09. The Morgan fingerprint density at radius 1 is 1.24 bits per heavy atom. The van der Waals surface area contributed by atoms with Gasteiger partial charge in [0.05, 0.1) is 6.54 Å². The number of nitrogens with two attached hydrogens (primary N) is 1. The maximum Gasteiger partial charge on any atom is 0.330 e. The van der Waals surface area contributed by atoms with E-state index >= 15 is 0 Å². The highest BCUT2D eigenvalue weighted by atomic mass is 35.5. The van der Waals surface area contributed by atoms with Crippen LogP contribution < -0.4 is 21.9 Å². The molecule has 1 saturated carbocycles. The van der Waals surface area contributed by atoms with E-state index in [1.165, 1.54) is 4.57 Å². The van der Waals surface area contributed by atoms with Gasteiger partial charge in [0.1, 0.15) is 15.6 Å². The Morgan fingerprint density at radius 2 is 1.85 bits per heavy atom. The quantitative estimate of drug-likeness (QED) is 0.426. The van der Waals surface area contributed by atoms with Crippen LogP contribution in [0.15, 0.2) is 39.9 Å². The van der Waals surface area contributed by atoms with Gasteiger partial charge in [0, 0.05) is 13.0 Å². The number of amides is 1. The number of carbonyl (C=O) groups is 2. The first-order valence-corrected chi connectivity index (χ1v) is 11.1. The minimum absolute atomic E-state index is 0.0581. The molecule has 1 aliphatic rings. The number of benzene rings is 1. The maximum absolute atomic E-state index is 13.0. The van der Waals surface area contributed by atoms with Crippen molar-refractivity contribution in [2.45, 2.75) is 38.1 Å². The summed E-state index contributed by atoms with van der Waals surface area (Å²) in [5.74, 6) is -1.60. The highest BCUT2D eigenvalue weighted by molar-refractivity contribution is 6.53. The van der Waals surface area contributed by atoms with E-state index in [2.05, 4.69) is 4.98 Å². The summed E-state index contributed by atoms with van der Waals surface area (Å²) in [5.41, 5.74) is 4.22. The molecule has 1 aromatic carbocycles. The Kier molecular flexibility index (Phi) is 6.95. The number of carbonyl (C=O) groups excluding carboxylic acids is 2. The number of alkyl halides is 2. The van der Waals surface area contributed by atoms with Crippen LogP contribution >= 0.6 is 23.2 Å². The number of halogens is 2. The summed E-state index contributed by atoms with van der Waals surface area (Å²) >= 11 is 12.0. The fraction of sp³-hybridized carbons (Fsp3) is 0.455. The maximum atomic E-state index is 13.0. The molecule has 178 valence electrons. The lowest BCUT2D eigenvalue weighted by atomic mass is 10.1. The number of H-pyrrole nitrogens is 1. The van der Waals surface area contributed by atoms with Gasteiger partial charge >= 0.3 is 11.7 Å². The molecule has 0 radical (unpaired) electrons. The molecule has 0 bridgehead atoms. The summed E-state index contributed by atoms with van der Waals surface area (Å²) in [4.78, 5) is 53.9. The number of nitrogen functional groups attached to an aromatic ring is 1. The molecule has 3 N–H and O–H groups in total. The number of esters is 1. The smallest absolute Gasteiger partial charge is 0.330 e. The SMILES string of the molecule is CC(C)CN(C(=O)COC(=O)C1(C)CC1(Cl)Cl)c1c(N)n(Cc2ccccc2)c(=O)[nH]c1=O. The van der Waals surface area contributed by atoms with Gasteiger partial charge in [-0.1, -0.05) is 44.2 Å². The van der Waals surface area contributed by atoms with E-state index in [0.717, 1.165) is 10.5 Å². The minimum atomic E-state index is -1.24. The predicted octanol–water partition coefficient (Wildman–Crippen LogP) is 2.28. The lowest BCUT2D eigenvalue weighted by molar-refractivity contribution is -0.153. The second-order valence-corrected chi connectivity index (χ2v) is 10.2. The van der Waals surface area contributed by atoms with E-state index in [1.54, 1.807) is 19.1 Å². The third-order valence-electron chi connectivity index (χ3n) is 5.55. The van der Waals surface area contributed by atoms with Crippen molar-refractivity contribution in [3.8, 4) is 0 Å². The predicted molar refractivity (Wildman–Crippen MR) is 127 cm³/mol. The van der Waals surface area contributed by atoms with Crippen LogP contribution in [-0.2, 0) is 20.9 Å². The zero-order valence-electron chi connectivity index (χ0n) is 18.6. The van der Waals surface area contributed by atoms with E-state index in [0.29, 0.717) is 0 Å². The largest absolute Gasteiger partial charge is 0.455 e. The van der Waals surface area contributed by atoms with Gasteiger partial charge in [0.15, 0.2) is 12.3 Å². The van der Waals surface area contributed by atoms with Gasteiger partial charge in [-0.15, -0.1) is 23.2 Å². The lowest BCUT2D eigenvalue weighted by Crippen LogP contribution is -2.44. The van der Waals surface area contributed by atoms with Crippen LogP contribution in [0.2, 0.25) is 0 Å². The summed E-state index contributed by atoms with van der Waals surface area (Å²) in [6.45, 7) is 4.81. The molecule has 0 spiro atoms. The number of rotatable bonds is 8. The van der Waals surface area contributed by atoms with Gasteiger partial charge in [-0.3, -0.25) is 23.9 Å². The first-order valence-electron chi connectivity index (χ1n) is 10.4. The van der Waals surface area contributed by atoms with Crippen LogP contribution in [0, 0.1) is 11.3 Å². The van der Waals surface area contributed by atoms with Crippen molar-refractivity contribution in [2.24, 2.45) is 11.3 Å².